The number of nitrogens with zero attached hydrogens (tertiary/aromatic N) is 2. The van der Waals surface area contributed by atoms with Gasteiger partial charge in [0, 0.05) is 40.1 Å². The van der Waals surface area contributed by atoms with E-state index in [1.165, 1.54) is 0 Å². The van der Waals surface area contributed by atoms with Gasteiger partial charge in [-0.3, -0.25) is 4.99 Å². The first-order valence-corrected chi connectivity index (χ1v) is 9.12. The second kappa shape index (κ2) is 8.11. The van der Waals surface area contributed by atoms with Gasteiger partial charge < -0.3 is 10.6 Å². The highest BCUT2D eigenvalue weighted by Gasteiger charge is 2.33. The standard InChI is InChI=1S/C13H14BrF3N4S2/c1-18-12(20-5-9-4-8(14)6-22-9)19-3-2-11-21-10(7-23-11)13(15,16)17/h4,6-7H,2-3,5H2,1H3,(H2,18,19,20). The fraction of sp³-hybridized carbons (Fsp3) is 0.385. The van der Waals surface area contributed by atoms with Crippen molar-refractivity contribution in [3.8, 4) is 0 Å². The number of halogens is 4. The Balaban J connectivity index is 1.76. The first-order chi connectivity index (χ1) is 10.9. The molecule has 4 nitrogen and oxygen atoms in total. The molecule has 23 heavy (non-hydrogen) atoms. The summed E-state index contributed by atoms with van der Waals surface area (Å²) in [6, 6.07) is 2.01. The van der Waals surface area contributed by atoms with Gasteiger partial charge in [-0.1, -0.05) is 0 Å². The highest BCUT2D eigenvalue weighted by molar-refractivity contribution is 9.10. The summed E-state index contributed by atoms with van der Waals surface area (Å²) in [5.74, 6) is 0.599. The Hall–Kier alpha value is -1.13. The molecule has 0 spiro atoms. The minimum Gasteiger partial charge on any atom is -0.356 e. The minimum atomic E-state index is -4.38. The van der Waals surface area contributed by atoms with Crippen LogP contribution < -0.4 is 10.6 Å². The number of aliphatic imine (C=N–C) groups is 1. The molecule has 10 heteroatoms. The summed E-state index contributed by atoms with van der Waals surface area (Å²) in [4.78, 5) is 8.81. The lowest BCUT2D eigenvalue weighted by Crippen LogP contribution is -2.37. The molecule has 0 unspecified atom stereocenters. The Kier molecular flexibility index (Phi) is 6.42. The summed E-state index contributed by atoms with van der Waals surface area (Å²) in [7, 11) is 1.64. The number of thiazole rings is 1. The van der Waals surface area contributed by atoms with E-state index < -0.39 is 11.9 Å². The third-order valence-electron chi connectivity index (χ3n) is 2.75. The zero-order chi connectivity index (χ0) is 16.9. The van der Waals surface area contributed by atoms with Crippen molar-refractivity contribution < 1.29 is 13.2 Å². The Morgan fingerprint density at radius 3 is 2.65 bits per heavy atom. The molecule has 126 valence electrons. The van der Waals surface area contributed by atoms with Gasteiger partial charge in [0.25, 0.3) is 0 Å². The highest BCUT2D eigenvalue weighted by Crippen LogP contribution is 2.30. The van der Waals surface area contributed by atoms with Gasteiger partial charge in [-0.15, -0.1) is 22.7 Å². The van der Waals surface area contributed by atoms with Crippen LogP contribution in [0.15, 0.2) is 26.3 Å². The molecule has 2 heterocycles. The molecular weight excluding hydrogens is 413 g/mol. The number of alkyl halides is 3. The van der Waals surface area contributed by atoms with Gasteiger partial charge in [-0.05, 0) is 22.0 Å². The number of thiophene rings is 1. The first-order valence-electron chi connectivity index (χ1n) is 6.57. The van der Waals surface area contributed by atoms with Gasteiger partial charge in [0.15, 0.2) is 11.7 Å². The number of guanidine groups is 1. The average Bonchev–Trinajstić information content (AvgIpc) is 3.11. The molecule has 0 amide bonds. The van der Waals surface area contributed by atoms with E-state index in [2.05, 4.69) is 36.5 Å². The van der Waals surface area contributed by atoms with Crippen molar-refractivity contribution in [2.45, 2.75) is 19.1 Å². The van der Waals surface area contributed by atoms with Crippen molar-refractivity contribution in [2.24, 2.45) is 4.99 Å². The van der Waals surface area contributed by atoms with Gasteiger partial charge >= 0.3 is 6.18 Å². The predicted octanol–water partition coefficient (Wildman–Crippen LogP) is 3.89. The van der Waals surface area contributed by atoms with Crippen molar-refractivity contribution in [3.63, 3.8) is 0 Å². The second-order valence-corrected chi connectivity index (χ2v) is 7.31. The highest BCUT2D eigenvalue weighted by atomic mass is 79.9. The van der Waals surface area contributed by atoms with E-state index in [0.29, 0.717) is 30.5 Å². The maximum atomic E-state index is 12.5. The summed E-state index contributed by atoms with van der Waals surface area (Å²) < 4.78 is 38.4. The smallest absolute Gasteiger partial charge is 0.356 e. The van der Waals surface area contributed by atoms with Crippen LogP contribution in [0.5, 0.6) is 0 Å². The van der Waals surface area contributed by atoms with Crippen LogP contribution in [0.2, 0.25) is 0 Å². The van der Waals surface area contributed by atoms with Gasteiger partial charge in [-0.2, -0.15) is 13.2 Å². The average molecular weight is 427 g/mol. The lowest BCUT2D eigenvalue weighted by molar-refractivity contribution is -0.140. The molecule has 0 radical (unpaired) electrons. The van der Waals surface area contributed by atoms with Crippen molar-refractivity contribution in [2.75, 3.05) is 13.6 Å². The molecule has 0 aliphatic heterocycles. The number of hydrogen-bond donors (Lipinski definition) is 2. The lowest BCUT2D eigenvalue weighted by atomic mass is 10.4. The Bertz CT molecular complexity index is 666. The second-order valence-electron chi connectivity index (χ2n) is 4.46. The van der Waals surface area contributed by atoms with Gasteiger partial charge in [0.2, 0.25) is 0 Å². The summed E-state index contributed by atoms with van der Waals surface area (Å²) in [5, 5.41) is 9.69. The van der Waals surface area contributed by atoms with Crippen LogP contribution in [-0.4, -0.2) is 24.5 Å². The lowest BCUT2D eigenvalue weighted by Gasteiger charge is -2.10. The van der Waals surface area contributed by atoms with Crippen LogP contribution >= 0.6 is 38.6 Å². The van der Waals surface area contributed by atoms with E-state index in [9.17, 15) is 13.2 Å². The zero-order valence-corrected chi connectivity index (χ0v) is 15.3. The van der Waals surface area contributed by atoms with Crippen molar-refractivity contribution in [1.82, 2.24) is 15.6 Å². The summed E-state index contributed by atoms with van der Waals surface area (Å²) in [6.45, 7) is 1.09. The van der Waals surface area contributed by atoms with Crippen molar-refractivity contribution in [3.05, 3.63) is 36.9 Å². The summed E-state index contributed by atoms with van der Waals surface area (Å²) in [5.41, 5.74) is -0.830. The van der Waals surface area contributed by atoms with Crippen LogP contribution in [-0.2, 0) is 19.1 Å². The van der Waals surface area contributed by atoms with Gasteiger partial charge in [-0.25, -0.2) is 4.98 Å². The third-order valence-corrected chi connectivity index (χ3v) is 5.36. The Morgan fingerprint density at radius 2 is 2.09 bits per heavy atom. The van der Waals surface area contributed by atoms with E-state index in [1.54, 1.807) is 18.4 Å². The normalized spacial score (nSPS) is 12.5. The van der Waals surface area contributed by atoms with Gasteiger partial charge in [0.05, 0.1) is 11.6 Å². The molecule has 0 aliphatic carbocycles. The topological polar surface area (TPSA) is 49.3 Å². The van der Waals surface area contributed by atoms with E-state index in [4.69, 9.17) is 0 Å². The SMILES string of the molecule is CN=C(NCCc1nc(C(F)(F)F)cs1)NCc1cc(Br)cs1. The molecule has 0 fully saturated rings. The largest absolute Gasteiger partial charge is 0.434 e. The molecule has 0 aliphatic rings. The van der Waals surface area contributed by atoms with E-state index in [1.807, 2.05) is 11.4 Å². The molecular formula is C13H14BrF3N4S2. The van der Waals surface area contributed by atoms with Crippen LogP contribution in [0.4, 0.5) is 13.2 Å². The van der Waals surface area contributed by atoms with Crippen molar-refractivity contribution >= 4 is 44.6 Å². The number of nitrogens with one attached hydrogen (secondary N) is 2. The first kappa shape index (κ1) is 18.2. The number of aromatic nitrogens is 1. The molecule has 2 rings (SSSR count). The zero-order valence-electron chi connectivity index (χ0n) is 12.1. The quantitative estimate of drug-likeness (QED) is 0.563. The molecule has 2 N–H and O–H groups in total. The molecule has 2 aromatic rings. The Labute approximate surface area is 148 Å². The minimum absolute atomic E-state index is 0.409. The van der Waals surface area contributed by atoms with E-state index in [-0.39, 0.29) is 0 Å². The Morgan fingerprint density at radius 1 is 1.30 bits per heavy atom. The van der Waals surface area contributed by atoms with Crippen LogP contribution in [0, 0.1) is 0 Å². The van der Waals surface area contributed by atoms with Crippen LogP contribution in [0.25, 0.3) is 0 Å². The molecule has 0 atom stereocenters. The fourth-order valence-electron chi connectivity index (χ4n) is 1.68. The van der Waals surface area contributed by atoms with Gasteiger partial charge in [0.1, 0.15) is 0 Å². The number of hydrogen-bond acceptors (Lipinski definition) is 4. The molecule has 0 saturated carbocycles. The fourth-order valence-corrected chi connectivity index (χ4v) is 3.88. The molecule has 0 bridgehead atoms. The molecule has 2 aromatic heterocycles. The van der Waals surface area contributed by atoms with Crippen LogP contribution in [0.3, 0.4) is 0 Å². The maximum Gasteiger partial charge on any atom is 0.434 e. The monoisotopic (exact) mass is 426 g/mol. The number of rotatable bonds is 5. The third kappa shape index (κ3) is 5.78. The maximum absolute atomic E-state index is 12.5. The van der Waals surface area contributed by atoms with E-state index >= 15 is 0 Å². The summed E-state index contributed by atoms with van der Waals surface area (Å²) >= 11 is 6.03. The summed E-state index contributed by atoms with van der Waals surface area (Å²) in [6.07, 6.45) is -3.97. The van der Waals surface area contributed by atoms with E-state index in [0.717, 1.165) is 26.1 Å². The van der Waals surface area contributed by atoms with Crippen molar-refractivity contribution in [1.29, 1.82) is 0 Å². The molecule has 0 saturated heterocycles. The molecule has 0 aromatic carbocycles. The predicted molar refractivity (Wildman–Crippen MR) is 91.0 cm³/mol. The van der Waals surface area contributed by atoms with Crippen LogP contribution in [0.1, 0.15) is 15.6 Å².